The molecule has 0 aromatic heterocycles. The van der Waals surface area contributed by atoms with Gasteiger partial charge >= 0.3 is 0 Å². The molecule has 1 aromatic carbocycles. The summed E-state index contributed by atoms with van der Waals surface area (Å²) >= 11 is 23.4. The molecule has 0 saturated heterocycles. The Bertz CT molecular complexity index is 554. The molecule has 0 spiro atoms. The number of nitrogens with zero attached hydrogens (tertiary/aromatic N) is 1. The van der Waals surface area contributed by atoms with E-state index in [-0.39, 0.29) is 11.1 Å². The fraction of sp³-hybridized carbons (Fsp3) is 0.438. The van der Waals surface area contributed by atoms with Gasteiger partial charge in [-0.3, -0.25) is 0 Å². The topological polar surface area (TPSA) is 49.3 Å². The number of oxime groups is 1. The van der Waals surface area contributed by atoms with Crippen LogP contribution in [-0.2, 0) is 9.57 Å². The molecule has 0 aliphatic rings. The minimum Gasteiger partial charge on any atom is -0.490 e. The standard InChI is InChI=1S/C16H19Cl4NO4/c1-22-21-5-9-23-6-2-3-7-25-16-13(17)10-12(11-14(16)18)24-8-4-15(19)20/h4-5,10-11H,2-3,6-9H2,1H3/b21-5+. The highest BCUT2D eigenvalue weighted by atomic mass is 35.5. The second-order valence-corrected chi connectivity index (χ2v) is 6.44. The van der Waals surface area contributed by atoms with E-state index < -0.39 is 0 Å². The number of halogens is 4. The lowest BCUT2D eigenvalue weighted by atomic mass is 10.3. The van der Waals surface area contributed by atoms with E-state index >= 15 is 0 Å². The average molecular weight is 431 g/mol. The minimum atomic E-state index is 0.132. The van der Waals surface area contributed by atoms with Gasteiger partial charge in [0, 0.05) is 18.7 Å². The summed E-state index contributed by atoms with van der Waals surface area (Å²) in [6, 6.07) is 3.24. The molecule has 0 aliphatic carbocycles. The van der Waals surface area contributed by atoms with Crippen LogP contribution in [0.4, 0.5) is 0 Å². The van der Waals surface area contributed by atoms with Crippen LogP contribution in [0.1, 0.15) is 12.8 Å². The first-order chi connectivity index (χ1) is 12.0. The molecule has 0 unspecified atom stereocenters. The van der Waals surface area contributed by atoms with E-state index in [1.54, 1.807) is 18.3 Å². The third kappa shape index (κ3) is 10.0. The molecule has 0 atom stereocenters. The van der Waals surface area contributed by atoms with Crippen LogP contribution >= 0.6 is 46.4 Å². The van der Waals surface area contributed by atoms with E-state index in [0.717, 1.165) is 12.8 Å². The molecule has 1 rings (SSSR count). The summed E-state index contributed by atoms with van der Waals surface area (Å²) in [5.41, 5.74) is 0. The fourth-order valence-electron chi connectivity index (χ4n) is 1.68. The third-order valence-corrected chi connectivity index (χ3v) is 3.63. The van der Waals surface area contributed by atoms with Gasteiger partial charge < -0.3 is 19.0 Å². The van der Waals surface area contributed by atoms with Gasteiger partial charge in [0.15, 0.2) is 5.75 Å². The summed E-state index contributed by atoms with van der Waals surface area (Å²) in [5.74, 6) is 0.925. The number of benzene rings is 1. The van der Waals surface area contributed by atoms with Crippen LogP contribution in [0.2, 0.25) is 10.0 Å². The van der Waals surface area contributed by atoms with Crippen molar-refractivity contribution >= 4 is 52.6 Å². The monoisotopic (exact) mass is 429 g/mol. The van der Waals surface area contributed by atoms with Gasteiger partial charge in [-0.1, -0.05) is 51.6 Å². The summed E-state index contributed by atoms with van der Waals surface area (Å²) in [6.07, 6.45) is 4.70. The zero-order valence-corrected chi connectivity index (χ0v) is 16.7. The quantitative estimate of drug-likeness (QED) is 0.249. The molecule has 0 heterocycles. The number of rotatable bonds is 12. The van der Waals surface area contributed by atoms with Crippen molar-refractivity contribution in [2.24, 2.45) is 5.16 Å². The number of hydrogen-bond acceptors (Lipinski definition) is 5. The predicted octanol–water partition coefficient (Wildman–Crippen LogP) is 5.50. The zero-order valence-electron chi connectivity index (χ0n) is 13.6. The Balaban J connectivity index is 2.34. The van der Waals surface area contributed by atoms with Crippen molar-refractivity contribution in [1.29, 1.82) is 0 Å². The Labute approximate surface area is 167 Å². The Hall–Kier alpha value is -0.850. The lowest BCUT2D eigenvalue weighted by Gasteiger charge is -2.12. The second kappa shape index (κ2) is 13.4. The maximum absolute atomic E-state index is 6.18. The summed E-state index contributed by atoms with van der Waals surface area (Å²) in [4.78, 5) is 4.52. The molecule has 0 radical (unpaired) electrons. The zero-order chi connectivity index (χ0) is 18.5. The first kappa shape index (κ1) is 22.2. The van der Waals surface area contributed by atoms with E-state index in [4.69, 9.17) is 60.6 Å². The smallest absolute Gasteiger partial charge is 0.156 e. The van der Waals surface area contributed by atoms with Crippen molar-refractivity contribution < 1.29 is 19.0 Å². The second-order valence-electron chi connectivity index (χ2n) is 4.62. The molecule has 0 saturated carbocycles. The van der Waals surface area contributed by atoms with Crippen molar-refractivity contribution in [3.63, 3.8) is 0 Å². The highest BCUT2D eigenvalue weighted by Gasteiger charge is 2.10. The van der Waals surface area contributed by atoms with Gasteiger partial charge in [0.2, 0.25) is 0 Å². The van der Waals surface area contributed by atoms with Gasteiger partial charge in [-0.25, -0.2) is 0 Å². The molecule has 5 nitrogen and oxygen atoms in total. The number of ether oxygens (including phenoxy) is 3. The Morgan fingerprint density at radius 3 is 2.36 bits per heavy atom. The van der Waals surface area contributed by atoms with E-state index in [1.165, 1.54) is 13.2 Å². The maximum Gasteiger partial charge on any atom is 0.156 e. The molecule has 25 heavy (non-hydrogen) atoms. The molecule has 0 aliphatic heterocycles. The number of hydrogen-bond donors (Lipinski definition) is 0. The molecular formula is C16H19Cl4NO4. The third-order valence-electron chi connectivity index (χ3n) is 2.76. The fourth-order valence-corrected chi connectivity index (χ4v) is 2.38. The molecular weight excluding hydrogens is 412 g/mol. The molecule has 0 fully saturated rings. The van der Waals surface area contributed by atoms with Crippen LogP contribution < -0.4 is 9.47 Å². The largest absolute Gasteiger partial charge is 0.490 e. The van der Waals surface area contributed by atoms with Gasteiger partial charge in [-0.2, -0.15) is 0 Å². The molecule has 140 valence electrons. The van der Waals surface area contributed by atoms with E-state index in [2.05, 4.69) is 9.99 Å². The summed E-state index contributed by atoms with van der Waals surface area (Å²) in [7, 11) is 1.48. The minimum absolute atomic E-state index is 0.132. The number of unbranched alkanes of at least 4 members (excludes halogenated alkanes) is 1. The van der Waals surface area contributed by atoms with E-state index in [0.29, 0.717) is 41.4 Å². The molecule has 9 heteroatoms. The van der Waals surface area contributed by atoms with Crippen molar-refractivity contribution in [3.05, 3.63) is 32.7 Å². The lowest BCUT2D eigenvalue weighted by Crippen LogP contribution is -2.03. The van der Waals surface area contributed by atoms with Gasteiger partial charge in [-0.05, 0) is 18.9 Å². The van der Waals surface area contributed by atoms with Crippen LogP contribution in [0.5, 0.6) is 11.5 Å². The van der Waals surface area contributed by atoms with Gasteiger partial charge in [0.25, 0.3) is 0 Å². The summed E-state index contributed by atoms with van der Waals surface area (Å²) < 4.78 is 16.5. The highest BCUT2D eigenvalue weighted by Crippen LogP contribution is 2.37. The van der Waals surface area contributed by atoms with Crippen molar-refractivity contribution in [2.45, 2.75) is 12.8 Å². The Morgan fingerprint density at radius 2 is 1.72 bits per heavy atom. The average Bonchev–Trinajstić information content (AvgIpc) is 2.55. The lowest BCUT2D eigenvalue weighted by molar-refractivity contribution is 0.157. The maximum atomic E-state index is 6.18. The van der Waals surface area contributed by atoms with Crippen LogP contribution in [0.15, 0.2) is 27.9 Å². The SMILES string of the molecule is CO/N=C/COCCCCOc1c(Cl)cc(OCC=C(Cl)Cl)cc1Cl. The van der Waals surface area contributed by atoms with Crippen LogP contribution in [0, 0.1) is 0 Å². The predicted molar refractivity (Wildman–Crippen MR) is 103 cm³/mol. The normalized spacial score (nSPS) is 10.8. The molecule has 0 amide bonds. The van der Waals surface area contributed by atoms with E-state index in [1.807, 2.05) is 0 Å². The van der Waals surface area contributed by atoms with Crippen LogP contribution in [0.25, 0.3) is 0 Å². The van der Waals surface area contributed by atoms with Crippen molar-refractivity contribution in [3.8, 4) is 11.5 Å². The molecule has 1 aromatic rings. The van der Waals surface area contributed by atoms with E-state index in [9.17, 15) is 0 Å². The van der Waals surface area contributed by atoms with Crippen LogP contribution in [0.3, 0.4) is 0 Å². The first-order valence-corrected chi connectivity index (χ1v) is 8.94. The molecule has 0 bridgehead atoms. The Kier molecular flexibility index (Phi) is 11.9. The summed E-state index contributed by atoms with van der Waals surface area (Å²) in [5, 5.41) is 4.31. The first-order valence-electron chi connectivity index (χ1n) is 7.43. The van der Waals surface area contributed by atoms with Crippen LogP contribution in [-0.4, -0.2) is 39.8 Å². The van der Waals surface area contributed by atoms with Gasteiger partial charge in [0.1, 0.15) is 24.0 Å². The van der Waals surface area contributed by atoms with Gasteiger partial charge in [0.05, 0.1) is 29.5 Å². The van der Waals surface area contributed by atoms with Gasteiger partial charge in [-0.15, -0.1) is 0 Å². The molecule has 0 N–H and O–H groups in total. The van der Waals surface area contributed by atoms with Crippen molar-refractivity contribution in [1.82, 2.24) is 0 Å². The summed E-state index contributed by atoms with van der Waals surface area (Å²) in [6.45, 7) is 1.70. The Morgan fingerprint density at radius 1 is 1.04 bits per heavy atom. The van der Waals surface area contributed by atoms with Crippen molar-refractivity contribution in [2.75, 3.05) is 33.5 Å². The highest BCUT2D eigenvalue weighted by molar-refractivity contribution is 6.55.